The van der Waals surface area contributed by atoms with E-state index in [1.54, 1.807) is 18.4 Å². The number of nitrogens with zero attached hydrogens (tertiary/aromatic N) is 2. The van der Waals surface area contributed by atoms with E-state index in [9.17, 15) is 4.79 Å². The van der Waals surface area contributed by atoms with Crippen LogP contribution >= 0.6 is 11.3 Å². The van der Waals surface area contributed by atoms with Gasteiger partial charge in [-0.05, 0) is 36.1 Å². The van der Waals surface area contributed by atoms with Gasteiger partial charge < -0.3 is 15.0 Å². The van der Waals surface area contributed by atoms with Crippen LogP contribution in [0.15, 0.2) is 35.8 Å². The Balaban J connectivity index is 1.68. The van der Waals surface area contributed by atoms with E-state index in [-0.39, 0.29) is 11.8 Å². The Hall–Kier alpha value is -2.60. The number of carbonyl (C=O) groups excluding carboxylic acids is 1. The molecule has 2 aliphatic heterocycles. The minimum atomic E-state index is 0.0326. The molecule has 5 nitrogen and oxygen atoms in total. The highest BCUT2D eigenvalue weighted by Crippen LogP contribution is 2.45. The fourth-order valence-electron chi connectivity index (χ4n) is 4.31. The molecule has 0 bridgehead atoms. The SMILES string of the molecule is COc1cc2c(cc1N1CCCC1)C(c1cccc3ncsc13)CC(=O)N2. The number of amides is 1. The van der Waals surface area contributed by atoms with Crippen molar-refractivity contribution in [3.8, 4) is 5.75 Å². The van der Waals surface area contributed by atoms with Gasteiger partial charge in [-0.2, -0.15) is 0 Å². The maximum absolute atomic E-state index is 12.5. The van der Waals surface area contributed by atoms with Gasteiger partial charge in [0.25, 0.3) is 0 Å². The number of rotatable bonds is 3. The van der Waals surface area contributed by atoms with Gasteiger partial charge >= 0.3 is 0 Å². The molecular weight excluding hydrogens is 358 g/mol. The molecule has 6 heteroatoms. The third-order valence-corrected chi connectivity index (χ3v) is 6.49. The molecule has 0 saturated carbocycles. The Kier molecular flexibility index (Phi) is 4.01. The fourth-order valence-corrected chi connectivity index (χ4v) is 5.17. The normalized spacial score (nSPS) is 19.2. The average Bonchev–Trinajstić information content (AvgIpc) is 3.37. The highest BCUT2D eigenvalue weighted by molar-refractivity contribution is 7.17. The molecule has 0 spiro atoms. The Morgan fingerprint density at radius 1 is 1.22 bits per heavy atom. The summed E-state index contributed by atoms with van der Waals surface area (Å²) < 4.78 is 6.83. The van der Waals surface area contributed by atoms with Crippen molar-refractivity contribution in [2.75, 3.05) is 30.4 Å². The average molecular weight is 379 g/mol. The summed E-state index contributed by atoms with van der Waals surface area (Å²) in [5.41, 5.74) is 7.21. The molecular formula is C21H21N3O2S. The Morgan fingerprint density at radius 2 is 2.07 bits per heavy atom. The lowest BCUT2D eigenvalue weighted by Crippen LogP contribution is -2.25. The topological polar surface area (TPSA) is 54.5 Å². The summed E-state index contributed by atoms with van der Waals surface area (Å²) in [6.07, 6.45) is 2.87. The fraction of sp³-hybridized carbons (Fsp3) is 0.333. The molecule has 1 fully saturated rings. The molecule has 0 aliphatic carbocycles. The predicted molar refractivity (Wildman–Crippen MR) is 109 cm³/mol. The number of ether oxygens (including phenoxy) is 1. The monoisotopic (exact) mass is 379 g/mol. The highest BCUT2D eigenvalue weighted by atomic mass is 32.1. The molecule has 1 saturated heterocycles. The molecule has 1 N–H and O–H groups in total. The largest absolute Gasteiger partial charge is 0.495 e. The summed E-state index contributed by atoms with van der Waals surface area (Å²) in [6.45, 7) is 2.10. The van der Waals surface area contributed by atoms with Crippen molar-refractivity contribution in [1.82, 2.24) is 4.98 Å². The first kappa shape index (κ1) is 16.6. The van der Waals surface area contributed by atoms with Crippen LogP contribution in [-0.2, 0) is 4.79 Å². The van der Waals surface area contributed by atoms with Gasteiger partial charge in [-0.25, -0.2) is 4.98 Å². The second-order valence-electron chi connectivity index (χ2n) is 7.16. The van der Waals surface area contributed by atoms with Crippen molar-refractivity contribution in [1.29, 1.82) is 0 Å². The third-order valence-electron chi connectivity index (χ3n) is 5.60. The molecule has 0 radical (unpaired) electrons. The highest BCUT2D eigenvalue weighted by Gasteiger charge is 2.30. The van der Waals surface area contributed by atoms with Crippen molar-refractivity contribution in [2.24, 2.45) is 0 Å². The van der Waals surface area contributed by atoms with Gasteiger partial charge in [0.15, 0.2) is 0 Å². The van der Waals surface area contributed by atoms with Crippen LogP contribution in [0.4, 0.5) is 11.4 Å². The minimum Gasteiger partial charge on any atom is -0.495 e. The lowest BCUT2D eigenvalue weighted by atomic mass is 9.84. The van der Waals surface area contributed by atoms with Crippen molar-refractivity contribution in [2.45, 2.75) is 25.2 Å². The van der Waals surface area contributed by atoms with E-state index in [0.717, 1.165) is 35.7 Å². The van der Waals surface area contributed by atoms with Crippen LogP contribution in [0, 0.1) is 0 Å². The van der Waals surface area contributed by atoms with Crippen LogP contribution in [0.5, 0.6) is 5.75 Å². The van der Waals surface area contributed by atoms with Crippen LogP contribution in [0.1, 0.15) is 36.3 Å². The second kappa shape index (κ2) is 6.53. The van der Waals surface area contributed by atoms with Gasteiger partial charge in [0, 0.05) is 37.2 Å². The van der Waals surface area contributed by atoms with E-state index < -0.39 is 0 Å². The van der Waals surface area contributed by atoms with E-state index in [0.29, 0.717) is 6.42 Å². The minimum absolute atomic E-state index is 0.0326. The maximum atomic E-state index is 12.5. The van der Waals surface area contributed by atoms with E-state index in [1.807, 2.05) is 23.7 Å². The summed E-state index contributed by atoms with van der Waals surface area (Å²) >= 11 is 1.64. The second-order valence-corrected chi connectivity index (χ2v) is 8.01. The summed E-state index contributed by atoms with van der Waals surface area (Å²) in [7, 11) is 1.70. The molecule has 138 valence electrons. The zero-order chi connectivity index (χ0) is 18.4. The first-order chi connectivity index (χ1) is 13.2. The Bertz CT molecular complexity index is 1020. The van der Waals surface area contributed by atoms with Crippen molar-refractivity contribution < 1.29 is 9.53 Å². The first-order valence-corrected chi connectivity index (χ1v) is 10.2. The number of thiazole rings is 1. The van der Waals surface area contributed by atoms with Crippen LogP contribution < -0.4 is 15.0 Å². The molecule has 3 aromatic rings. The smallest absolute Gasteiger partial charge is 0.225 e. The Labute approximate surface area is 162 Å². The van der Waals surface area contributed by atoms with Crippen molar-refractivity contribution in [3.05, 3.63) is 47.0 Å². The molecule has 2 aromatic carbocycles. The maximum Gasteiger partial charge on any atom is 0.225 e. The number of benzene rings is 2. The molecule has 27 heavy (non-hydrogen) atoms. The van der Waals surface area contributed by atoms with E-state index in [1.165, 1.54) is 28.7 Å². The number of fused-ring (bicyclic) bond motifs is 2. The number of carbonyl (C=O) groups is 1. The third kappa shape index (κ3) is 2.75. The van der Waals surface area contributed by atoms with Gasteiger partial charge in [0.05, 0.1) is 28.5 Å². The zero-order valence-electron chi connectivity index (χ0n) is 15.2. The van der Waals surface area contributed by atoms with Crippen molar-refractivity contribution in [3.63, 3.8) is 0 Å². The number of methoxy groups -OCH3 is 1. The van der Waals surface area contributed by atoms with Crippen LogP contribution in [0.2, 0.25) is 0 Å². The van der Waals surface area contributed by atoms with E-state index >= 15 is 0 Å². The van der Waals surface area contributed by atoms with Gasteiger partial charge in [-0.1, -0.05) is 12.1 Å². The number of hydrogen-bond acceptors (Lipinski definition) is 5. The predicted octanol–water partition coefficient (Wildman–Crippen LogP) is 4.38. The number of nitrogens with one attached hydrogen (secondary N) is 1. The summed E-state index contributed by atoms with van der Waals surface area (Å²) in [4.78, 5) is 19.3. The molecule has 1 aromatic heterocycles. The number of anilines is 2. The summed E-state index contributed by atoms with van der Waals surface area (Å²) in [5.74, 6) is 0.905. The summed E-state index contributed by atoms with van der Waals surface area (Å²) in [5, 5.41) is 3.04. The number of aromatic nitrogens is 1. The quantitative estimate of drug-likeness (QED) is 0.734. The van der Waals surface area contributed by atoms with Gasteiger partial charge in [-0.3, -0.25) is 4.79 Å². The lowest BCUT2D eigenvalue weighted by molar-refractivity contribution is -0.116. The van der Waals surface area contributed by atoms with E-state index in [4.69, 9.17) is 4.74 Å². The molecule has 5 rings (SSSR count). The first-order valence-electron chi connectivity index (χ1n) is 9.33. The molecule has 1 amide bonds. The molecule has 1 atom stereocenters. The van der Waals surface area contributed by atoms with Crippen LogP contribution in [0.25, 0.3) is 10.2 Å². The van der Waals surface area contributed by atoms with Gasteiger partial charge in [-0.15, -0.1) is 11.3 Å². The van der Waals surface area contributed by atoms with E-state index in [2.05, 4.69) is 27.3 Å². The molecule has 2 aliphatic rings. The van der Waals surface area contributed by atoms with Crippen LogP contribution in [-0.4, -0.2) is 31.1 Å². The van der Waals surface area contributed by atoms with Crippen LogP contribution in [0.3, 0.4) is 0 Å². The summed E-state index contributed by atoms with van der Waals surface area (Å²) in [6, 6.07) is 10.4. The standard InChI is InChI=1S/C21H21N3O2S/c1-26-19-11-17-15(9-18(19)24-7-2-3-8-24)14(10-20(25)23-17)13-5-4-6-16-21(13)27-12-22-16/h4-6,9,11-12,14H,2-3,7-8,10H2,1H3,(H,23,25). The zero-order valence-corrected chi connectivity index (χ0v) is 16.0. The van der Waals surface area contributed by atoms with Gasteiger partial charge in [0.1, 0.15) is 5.75 Å². The molecule has 1 unspecified atom stereocenters. The lowest BCUT2D eigenvalue weighted by Gasteiger charge is -2.30. The van der Waals surface area contributed by atoms with Gasteiger partial charge in [0.2, 0.25) is 5.91 Å². The Morgan fingerprint density at radius 3 is 2.89 bits per heavy atom. The number of hydrogen-bond donors (Lipinski definition) is 1. The van der Waals surface area contributed by atoms with Crippen molar-refractivity contribution >= 4 is 38.8 Å². The molecule has 3 heterocycles.